The standard InChI is InChI=1S/C15H29NO3/c1-4-6-7-13(5-2)11-16-8-9-19-14(12-16)10-15(17)18-3/h13-14H,4-12H2,1-3H3. The van der Waals surface area contributed by atoms with Gasteiger partial charge in [0, 0.05) is 19.6 Å². The quantitative estimate of drug-likeness (QED) is 0.636. The molecule has 0 aliphatic carbocycles. The molecule has 0 N–H and O–H groups in total. The Bertz CT molecular complexity index is 258. The van der Waals surface area contributed by atoms with Gasteiger partial charge in [-0.1, -0.05) is 33.1 Å². The summed E-state index contributed by atoms with van der Waals surface area (Å²) in [6.45, 7) is 8.22. The Labute approximate surface area is 117 Å². The Hall–Kier alpha value is -0.610. The van der Waals surface area contributed by atoms with Gasteiger partial charge in [-0.15, -0.1) is 0 Å². The van der Waals surface area contributed by atoms with E-state index in [1.165, 1.54) is 32.8 Å². The van der Waals surface area contributed by atoms with Gasteiger partial charge in [-0.2, -0.15) is 0 Å². The van der Waals surface area contributed by atoms with E-state index in [0.29, 0.717) is 6.42 Å². The van der Waals surface area contributed by atoms with Crippen LogP contribution in [0, 0.1) is 5.92 Å². The lowest BCUT2D eigenvalue weighted by atomic mass is 9.98. The summed E-state index contributed by atoms with van der Waals surface area (Å²) in [5, 5.41) is 0. The number of morpholine rings is 1. The van der Waals surface area contributed by atoms with Gasteiger partial charge in [-0.25, -0.2) is 0 Å². The third kappa shape index (κ3) is 6.39. The highest BCUT2D eigenvalue weighted by molar-refractivity contribution is 5.69. The van der Waals surface area contributed by atoms with Crippen molar-refractivity contribution in [3.05, 3.63) is 0 Å². The highest BCUT2D eigenvalue weighted by Gasteiger charge is 2.24. The maximum atomic E-state index is 11.3. The highest BCUT2D eigenvalue weighted by atomic mass is 16.5. The van der Waals surface area contributed by atoms with Gasteiger partial charge in [0.05, 0.1) is 26.2 Å². The molecule has 2 atom stereocenters. The minimum absolute atomic E-state index is 0.00452. The van der Waals surface area contributed by atoms with Crippen LogP contribution in [0.2, 0.25) is 0 Å². The van der Waals surface area contributed by atoms with Crippen LogP contribution in [-0.2, 0) is 14.3 Å². The van der Waals surface area contributed by atoms with Gasteiger partial charge >= 0.3 is 5.97 Å². The normalized spacial score (nSPS) is 22.2. The number of ether oxygens (including phenoxy) is 2. The number of unbranched alkanes of at least 4 members (excludes halogenated alkanes) is 1. The molecule has 0 aromatic heterocycles. The molecule has 0 bridgehead atoms. The lowest BCUT2D eigenvalue weighted by Gasteiger charge is -2.34. The van der Waals surface area contributed by atoms with E-state index >= 15 is 0 Å². The van der Waals surface area contributed by atoms with Gasteiger partial charge in [0.2, 0.25) is 0 Å². The van der Waals surface area contributed by atoms with Crippen molar-refractivity contribution in [2.45, 2.75) is 52.1 Å². The molecule has 4 nitrogen and oxygen atoms in total. The zero-order valence-electron chi connectivity index (χ0n) is 12.7. The van der Waals surface area contributed by atoms with Gasteiger partial charge in [0.1, 0.15) is 0 Å². The monoisotopic (exact) mass is 271 g/mol. The first kappa shape index (κ1) is 16.4. The number of hydrogen-bond donors (Lipinski definition) is 0. The van der Waals surface area contributed by atoms with Crippen LogP contribution in [0.1, 0.15) is 46.0 Å². The smallest absolute Gasteiger partial charge is 0.308 e. The van der Waals surface area contributed by atoms with Crippen LogP contribution < -0.4 is 0 Å². The number of methoxy groups -OCH3 is 1. The van der Waals surface area contributed by atoms with E-state index in [-0.39, 0.29) is 12.1 Å². The fraction of sp³-hybridized carbons (Fsp3) is 0.933. The predicted molar refractivity (Wildman–Crippen MR) is 76.1 cm³/mol. The number of rotatable bonds is 8. The molecule has 1 fully saturated rings. The van der Waals surface area contributed by atoms with E-state index in [2.05, 4.69) is 18.7 Å². The molecule has 1 rings (SSSR count). The van der Waals surface area contributed by atoms with E-state index in [1.807, 2.05) is 0 Å². The van der Waals surface area contributed by atoms with Crippen molar-refractivity contribution in [2.24, 2.45) is 5.92 Å². The fourth-order valence-corrected chi connectivity index (χ4v) is 2.62. The van der Waals surface area contributed by atoms with Crippen molar-refractivity contribution in [1.82, 2.24) is 4.90 Å². The summed E-state index contributed by atoms with van der Waals surface area (Å²) >= 11 is 0. The highest BCUT2D eigenvalue weighted by Crippen LogP contribution is 2.17. The number of carbonyl (C=O) groups excluding carboxylic acids is 1. The molecule has 112 valence electrons. The summed E-state index contributed by atoms with van der Waals surface area (Å²) in [5.74, 6) is 0.599. The first-order chi connectivity index (χ1) is 9.19. The topological polar surface area (TPSA) is 38.8 Å². The Morgan fingerprint density at radius 1 is 1.47 bits per heavy atom. The second-order valence-corrected chi connectivity index (χ2v) is 5.45. The van der Waals surface area contributed by atoms with Crippen molar-refractivity contribution >= 4 is 5.97 Å². The van der Waals surface area contributed by atoms with Crippen molar-refractivity contribution in [3.63, 3.8) is 0 Å². The SMILES string of the molecule is CCCCC(CC)CN1CCOC(CC(=O)OC)C1. The number of esters is 1. The van der Waals surface area contributed by atoms with Crippen LogP contribution in [0.5, 0.6) is 0 Å². The first-order valence-electron chi connectivity index (χ1n) is 7.60. The molecule has 19 heavy (non-hydrogen) atoms. The predicted octanol–water partition coefficient (Wildman–Crippen LogP) is 2.47. The molecule has 0 amide bonds. The molecule has 2 unspecified atom stereocenters. The Morgan fingerprint density at radius 3 is 2.89 bits per heavy atom. The maximum absolute atomic E-state index is 11.3. The van der Waals surface area contributed by atoms with Crippen LogP contribution in [0.4, 0.5) is 0 Å². The minimum Gasteiger partial charge on any atom is -0.469 e. The zero-order chi connectivity index (χ0) is 14.1. The van der Waals surface area contributed by atoms with Gasteiger partial charge in [-0.05, 0) is 12.3 Å². The Morgan fingerprint density at radius 2 is 2.26 bits per heavy atom. The Kier molecular flexibility index (Phi) is 8.07. The van der Waals surface area contributed by atoms with Crippen LogP contribution >= 0.6 is 0 Å². The fourth-order valence-electron chi connectivity index (χ4n) is 2.62. The van der Waals surface area contributed by atoms with Crippen molar-refractivity contribution < 1.29 is 14.3 Å². The average molecular weight is 271 g/mol. The van der Waals surface area contributed by atoms with E-state index in [1.54, 1.807) is 0 Å². The molecule has 0 aromatic carbocycles. The van der Waals surface area contributed by atoms with E-state index < -0.39 is 0 Å². The number of hydrogen-bond acceptors (Lipinski definition) is 4. The van der Waals surface area contributed by atoms with Gasteiger partial charge in [0.15, 0.2) is 0 Å². The van der Waals surface area contributed by atoms with Gasteiger partial charge in [-0.3, -0.25) is 9.69 Å². The zero-order valence-corrected chi connectivity index (χ0v) is 12.7. The molecule has 1 saturated heterocycles. The van der Waals surface area contributed by atoms with E-state index in [9.17, 15) is 4.79 Å². The summed E-state index contributed by atoms with van der Waals surface area (Å²) < 4.78 is 10.3. The number of nitrogens with zero attached hydrogens (tertiary/aromatic N) is 1. The molecule has 4 heteroatoms. The van der Waals surface area contributed by atoms with Gasteiger partial charge < -0.3 is 9.47 Å². The van der Waals surface area contributed by atoms with Crippen LogP contribution in [0.15, 0.2) is 0 Å². The summed E-state index contributed by atoms with van der Waals surface area (Å²) in [5.41, 5.74) is 0. The molecule has 1 aliphatic heterocycles. The largest absolute Gasteiger partial charge is 0.469 e. The van der Waals surface area contributed by atoms with Crippen LogP contribution in [0.3, 0.4) is 0 Å². The number of carbonyl (C=O) groups is 1. The van der Waals surface area contributed by atoms with Crippen molar-refractivity contribution in [1.29, 1.82) is 0 Å². The molecule has 0 saturated carbocycles. The van der Waals surface area contributed by atoms with Crippen LogP contribution in [-0.4, -0.2) is 50.3 Å². The molecule has 1 aliphatic rings. The Balaban J connectivity index is 2.34. The molecule has 0 spiro atoms. The molecule has 0 radical (unpaired) electrons. The average Bonchev–Trinajstić information content (AvgIpc) is 2.43. The first-order valence-corrected chi connectivity index (χ1v) is 7.60. The van der Waals surface area contributed by atoms with Crippen molar-refractivity contribution in [3.8, 4) is 0 Å². The summed E-state index contributed by atoms with van der Waals surface area (Å²) in [6.07, 6.45) is 5.51. The van der Waals surface area contributed by atoms with E-state index in [4.69, 9.17) is 9.47 Å². The van der Waals surface area contributed by atoms with Gasteiger partial charge in [0.25, 0.3) is 0 Å². The molecular weight excluding hydrogens is 242 g/mol. The lowest BCUT2D eigenvalue weighted by Crippen LogP contribution is -2.45. The third-order valence-electron chi connectivity index (χ3n) is 3.90. The maximum Gasteiger partial charge on any atom is 0.308 e. The molecular formula is C15H29NO3. The summed E-state index contributed by atoms with van der Waals surface area (Å²) in [4.78, 5) is 13.7. The second-order valence-electron chi connectivity index (χ2n) is 5.45. The van der Waals surface area contributed by atoms with E-state index in [0.717, 1.165) is 32.2 Å². The molecule has 0 aromatic rings. The minimum atomic E-state index is -0.176. The second kappa shape index (κ2) is 9.32. The molecule has 1 heterocycles. The van der Waals surface area contributed by atoms with Crippen molar-refractivity contribution in [2.75, 3.05) is 33.4 Å². The lowest BCUT2D eigenvalue weighted by molar-refractivity contribution is -0.145. The third-order valence-corrected chi connectivity index (χ3v) is 3.90. The van der Waals surface area contributed by atoms with Crippen LogP contribution in [0.25, 0.3) is 0 Å². The summed E-state index contributed by atoms with van der Waals surface area (Å²) in [6, 6.07) is 0. The summed E-state index contributed by atoms with van der Waals surface area (Å²) in [7, 11) is 1.43.